The Morgan fingerprint density at radius 1 is 1.11 bits per heavy atom. The lowest BCUT2D eigenvalue weighted by molar-refractivity contribution is -0.190. The van der Waals surface area contributed by atoms with E-state index in [0.29, 0.717) is 18.4 Å². The third-order valence-electron chi connectivity index (χ3n) is 8.29. The number of aromatic hydroxyl groups is 1. The highest BCUT2D eigenvalue weighted by Crippen LogP contribution is 2.68. The van der Waals surface area contributed by atoms with Gasteiger partial charge in [0.25, 0.3) is 0 Å². The molecule has 1 saturated carbocycles. The largest absolute Gasteiger partial charge is 0.504 e. The van der Waals surface area contributed by atoms with E-state index in [1.165, 1.54) is 12.1 Å². The van der Waals surface area contributed by atoms with Gasteiger partial charge >= 0.3 is 23.9 Å². The molecule has 11 heteroatoms. The van der Waals surface area contributed by atoms with Crippen molar-refractivity contribution in [1.82, 2.24) is 0 Å². The van der Waals surface area contributed by atoms with Crippen molar-refractivity contribution in [2.75, 3.05) is 0 Å². The highest BCUT2D eigenvalue weighted by molar-refractivity contribution is 5.88. The van der Waals surface area contributed by atoms with Gasteiger partial charge in [-0.1, -0.05) is 13.0 Å². The van der Waals surface area contributed by atoms with Crippen molar-refractivity contribution in [3.05, 3.63) is 35.1 Å². The highest BCUT2D eigenvalue weighted by Gasteiger charge is 2.72. The monoisotopic (exact) mass is 516 g/mol. The number of carboxylic acids is 1. The van der Waals surface area contributed by atoms with Crippen molar-refractivity contribution in [3.63, 3.8) is 0 Å². The molecule has 1 unspecified atom stereocenters. The van der Waals surface area contributed by atoms with Gasteiger partial charge in [-0.25, -0.2) is 9.59 Å². The van der Waals surface area contributed by atoms with E-state index in [1.54, 1.807) is 0 Å². The van der Waals surface area contributed by atoms with Crippen LogP contribution in [0.25, 0.3) is 0 Å². The molecule has 0 radical (unpaired) electrons. The fourth-order valence-electron chi connectivity index (χ4n) is 6.82. The Morgan fingerprint density at radius 2 is 1.78 bits per heavy atom. The summed E-state index contributed by atoms with van der Waals surface area (Å²) in [7, 11) is 0. The average Bonchev–Trinajstić information content (AvgIpc) is 3.17. The van der Waals surface area contributed by atoms with Gasteiger partial charge in [-0.2, -0.15) is 0 Å². The van der Waals surface area contributed by atoms with Crippen LogP contribution in [0.15, 0.2) is 24.0 Å². The van der Waals surface area contributed by atoms with E-state index in [0.717, 1.165) is 25.8 Å². The van der Waals surface area contributed by atoms with Crippen molar-refractivity contribution < 1.29 is 53.4 Å². The zero-order valence-corrected chi connectivity index (χ0v) is 20.6. The van der Waals surface area contributed by atoms with E-state index in [9.17, 15) is 34.5 Å². The highest BCUT2D eigenvalue weighted by atomic mass is 16.6. The van der Waals surface area contributed by atoms with Gasteiger partial charge < -0.3 is 34.3 Å². The van der Waals surface area contributed by atoms with Gasteiger partial charge in [-0.05, 0) is 55.2 Å². The van der Waals surface area contributed by atoms with Crippen LogP contribution in [-0.4, -0.2) is 63.1 Å². The number of benzene rings is 1. The molecule has 0 saturated heterocycles. The van der Waals surface area contributed by atoms with Crippen molar-refractivity contribution in [3.8, 4) is 11.5 Å². The molecule has 37 heavy (non-hydrogen) atoms. The Bertz CT molecular complexity index is 1240. The number of rotatable bonds is 6. The number of aliphatic carboxylic acids is 1. The molecule has 3 aliphatic carbocycles. The molecule has 0 aromatic heterocycles. The third kappa shape index (κ3) is 3.51. The normalized spacial score (nSPS) is 32.1. The number of carboxylic acid groups (broad SMARTS) is 1. The smallest absolute Gasteiger partial charge is 0.357 e. The van der Waals surface area contributed by atoms with E-state index >= 15 is 0 Å². The Morgan fingerprint density at radius 3 is 2.43 bits per heavy atom. The van der Waals surface area contributed by atoms with Gasteiger partial charge in [0.15, 0.2) is 17.6 Å². The second kappa shape index (κ2) is 8.47. The number of carbonyl (C=O) groups excluding carboxylic acids is 3. The summed E-state index contributed by atoms with van der Waals surface area (Å²) in [4.78, 5) is 48.1. The van der Waals surface area contributed by atoms with Crippen LogP contribution < -0.4 is 4.74 Å². The number of phenols is 1. The number of ether oxygens (including phenoxy) is 4. The maximum atomic E-state index is 13.2. The summed E-state index contributed by atoms with van der Waals surface area (Å²) in [6.45, 7) is 4.02. The SMILES string of the molecule is CC(=O)O[C@H](C(=O)O)[C@H](OC(C)=O)C(=O)OC1=CC[C@@]2(O)[C@H]3Cc4ccc(O)c5c4[C@@]2(CCC3C)[C@H]1O5. The van der Waals surface area contributed by atoms with E-state index in [1.807, 2.05) is 6.07 Å². The second-order valence-electron chi connectivity index (χ2n) is 10.3. The maximum absolute atomic E-state index is 13.2. The molecule has 1 heterocycles. The molecule has 1 aromatic carbocycles. The zero-order valence-electron chi connectivity index (χ0n) is 20.6. The fourth-order valence-corrected chi connectivity index (χ4v) is 6.82. The number of hydrogen-bond acceptors (Lipinski definition) is 10. The number of aliphatic hydroxyl groups is 1. The van der Waals surface area contributed by atoms with Gasteiger partial charge in [0.1, 0.15) is 5.76 Å². The van der Waals surface area contributed by atoms with Crippen molar-refractivity contribution in [1.29, 1.82) is 0 Å². The molecule has 0 amide bonds. The average molecular weight is 516 g/mol. The quantitative estimate of drug-likeness (QED) is 0.370. The van der Waals surface area contributed by atoms with Crippen LogP contribution in [0.1, 0.15) is 51.2 Å². The van der Waals surface area contributed by atoms with Crippen LogP contribution in [0.4, 0.5) is 0 Å². The van der Waals surface area contributed by atoms with Gasteiger partial charge in [-0.15, -0.1) is 0 Å². The second-order valence-corrected chi connectivity index (χ2v) is 10.3. The Hall–Kier alpha value is -3.60. The first-order valence-electron chi connectivity index (χ1n) is 12.1. The molecule has 1 spiro atoms. The molecule has 1 aromatic rings. The van der Waals surface area contributed by atoms with Crippen LogP contribution >= 0.6 is 0 Å². The number of phenolic OH excluding ortho intramolecular Hbond substituents is 1. The summed E-state index contributed by atoms with van der Waals surface area (Å²) in [5, 5.41) is 32.3. The minimum atomic E-state index is -2.14. The fraction of sp³-hybridized carbons (Fsp3) is 0.538. The molecule has 198 valence electrons. The summed E-state index contributed by atoms with van der Waals surface area (Å²) in [5.41, 5.74) is -0.587. The Labute approximate surface area is 212 Å². The van der Waals surface area contributed by atoms with E-state index in [4.69, 9.17) is 18.9 Å². The van der Waals surface area contributed by atoms with Crippen LogP contribution in [0.3, 0.4) is 0 Å². The summed E-state index contributed by atoms with van der Waals surface area (Å²) in [5.74, 6) is -4.75. The van der Waals surface area contributed by atoms with E-state index in [2.05, 4.69) is 6.92 Å². The molecule has 11 nitrogen and oxygen atoms in total. The minimum Gasteiger partial charge on any atom is -0.504 e. The van der Waals surface area contributed by atoms with Gasteiger partial charge in [-0.3, -0.25) is 9.59 Å². The topological polar surface area (TPSA) is 166 Å². The minimum absolute atomic E-state index is 0.00413. The zero-order chi connectivity index (χ0) is 26.9. The summed E-state index contributed by atoms with van der Waals surface area (Å²) in [6, 6.07) is 3.36. The van der Waals surface area contributed by atoms with Crippen LogP contribution in [0.5, 0.6) is 11.5 Å². The molecular formula is C26H28O11. The standard InChI is InChI=1S/C26H28O11/c1-11-6-8-25-18-14-4-5-16(29)19(18)37-22(25)17(7-9-26(25,33)15(11)10-14)36-24(32)21(35-13(3)28)20(23(30)31)34-12(2)27/h4-5,7,11,15,20-22,29,33H,6,8-10H2,1-3H3,(H,30,31)/t11?,15-,20-,21-,22-,25-,26+/m0/s1. The number of esters is 3. The first-order chi connectivity index (χ1) is 17.4. The predicted molar refractivity (Wildman–Crippen MR) is 122 cm³/mol. The summed E-state index contributed by atoms with van der Waals surface area (Å²) < 4.78 is 21.4. The molecule has 1 aliphatic heterocycles. The molecule has 7 atom stereocenters. The first-order valence-corrected chi connectivity index (χ1v) is 12.1. The number of hydrogen-bond donors (Lipinski definition) is 3. The van der Waals surface area contributed by atoms with E-state index in [-0.39, 0.29) is 35.5 Å². The molecule has 3 N–H and O–H groups in total. The molecule has 5 rings (SSSR count). The maximum Gasteiger partial charge on any atom is 0.357 e. The van der Waals surface area contributed by atoms with Crippen LogP contribution in [0, 0.1) is 11.8 Å². The summed E-state index contributed by atoms with van der Waals surface area (Å²) in [6.07, 6.45) is -1.69. The van der Waals surface area contributed by atoms with Gasteiger partial charge in [0.2, 0.25) is 12.2 Å². The van der Waals surface area contributed by atoms with Crippen molar-refractivity contribution in [2.24, 2.45) is 11.8 Å². The molecule has 1 fully saturated rings. The summed E-state index contributed by atoms with van der Waals surface area (Å²) >= 11 is 0. The lowest BCUT2D eigenvalue weighted by Crippen LogP contribution is -2.69. The first kappa shape index (κ1) is 25.1. The third-order valence-corrected chi connectivity index (χ3v) is 8.29. The lowest BCUT2D eigenvalue weighted by atomic mass is 9.45. The van der Waals surface area contributed by atoms with Crippen molar-refractivity contribution >= 4 is 23.9 Å². The van der Waals surface area contributed by atoms with Gasteiger partial charge in [0.05, 0.1) is 11.0 Å². The molecule has 4 aliphatic rings. The lowest BCUT2D eigenvalue weighted by Gasteiger charge is -2.61. The van der Waals surface area contributed by atoms with E-state index < -0.39 is 53.2 Å². The van der Waals surface area contributed by atoms with Crippen LogP contribution in [0.2, 0.25) is 0 Å². The Balaban J connectivity index is 1.55. The predicted octanol–water partition coefficient (Wildman–Crippen LogP) is 1.50. The number of carbonyl (C=O) groups is 4. The molecule has 2 bridgehead atoms. The van der Waals surface area contributed by atoms with Crippen molar-refractivity contribution in [2.45, 2.75) is 75.8 Å². The van der Waals surface area contributed by atoms with Crippen LogP contribution in [-0.2, 0) is 45.2 Å². The van der Waals surface area contributed by atoms with Gasteiger partial charge in [0, 0.05) is 19.4 Å². The Kier molecular flexibility index (Phi) is 5.74. The molecular weight excluding hydrogens is 488 g/mol.